The van der Waals surface area contributed by atoms with Crippen LogP contribution in [0.4, 0.5) is 9.18 Å². The van der Waals surface area contributed by atoms with Crippen LogP contribution in [0.5, 0.6) is 0 Å². The van der Waals surface area contributed by atoms with Crippen molar-refractivity contribution in [1.82, 2.24) is 4.57 Å². The van der Waals surface area contributed by atoms with E-state index in [4.69, 9.17) is 4.74 Å². The van der Waals surface area contributed by atoms with Gasteiger partial charge in [0.15, 0.2) is 0 Å². The minimum Gasteiger partial charge on any atom is -0.464 e. The minimum atomic E-state index is -1.32. The number of carboxylic acid groups (broad SMARTS) is 1. The Morgan fingerprint density at radius 3 is 2.55 bits per heavy atom. The number of nitrogens with zero attached hydrogens (tertiary/aromatic N) is 1. The highest BCUT2D eigenvalue weighted by Gasteiger charge is 2.22. The molecule has 0 atom stereocenters. The lowest BCUT2D eigenvalue weighted by Gasteiger charge is -2.17. The molecule has 1 N–H and O–H groups in total. The van der Waals surface area contributed by atoms with E-state index >= 15 is 0 Å². The number of benzene rings is 1. The van der Waals surface area contributed by atoms with Gasteiger partial charge in [0.25, 0.3) is 0 Å². The molecule has 6 heteroatoms. The molecule has 0 unspecified atom stereocenters. The quantitative estimate of drug-likeness (QED) is 0.873. The van der Waals surface area contributed by atoms with E-state index in [-0.39, 0.29) is 23.2 Å². The van der Waals surface area contributed by atoms with Crippen molar-refractivity contribution in [2.75, 3.05) is 6.61 Å². The molecule has 0 fully saturated rings. The molecular formula is C16H18FNO4. The smallest absolute Gasteiger partial charge is 0.416 e. The van der Waals surface area contributed by atoms with Gasteiger partial charge in [0.05, 0.1) is 12.1 Å². The summed E-state index contributed by atoms with van der Waals surface area (Å²) in [5.74, 6) is -1.23. The lowest BCUT2D eigenvalue weighted by Crippen LogP contribution is -2.19. The number of aromatic nitrogens is 1. The number of ether oxygens (including phenoxy) is 1. The fourth-order valence-electron chi connectivity index (χ4n) is 2.07. The summed E-state index contributed by atoms with van der Waals surface area (Å²) >= 11 is 0. The molecule has 0 spiro atoms. The van der Waals surface area contributed by atoms with Crippen LogP contribution in [0.1, 0.15) is 37.7 Å². The normalized spacial score (nSPS) is 11.6. The van der Waals surface area contributed by atoms with Crippen LogP contribution in [0.15, 0.2) is 24.3 Å². The van der Waals surface area contributed by atoms with Crippen molar-refractivity contribution in [3.05, 3.63) is 35.8 Å². The van der Waals surface area contributed by atoms with E-state index in [1.807, 2.05) is 20.8 Å². The number of carbonyl (C=O) groups is 2. The van der Waals surface area contributed by atoms with Crippen LogP contribution in [0.3, 0.4) is 0 Å². The molecule has 0 saturated heterocycles. The summed E-state index contributed by atoms with van der Waals surface area (Å²) in [7, 11) is 0. The van der Waals surface area contributed by atoms with Gasteiger partial charge in [-0.15, -0.1) is 0 Å². The number of fused-ring (bicyclic) bond motifs is 1. The first-order valence-corrected chi connectivity index (χ1v) is 6.90. The van der Waals surface area contributed by atoms with Crippen molar-refractivity contribution in [3.8, 4) is 0 Å². The van der Waals surface area contributed by atoms with Gasteiger partial charge in [-0.1, -0.05) is 20.8 Å². The van der Waals surface area contributed by atoms with Gasteiger partial charge in [-0.3, -0.25) is 0 Å². The molecule has 1 aromatic carbocycles. The highest BCUT2D eigenvalue weighted by Crippen LogP contribution is 2.23. The first-order valence-electron chi connectivity index (χ1n) is 6.90. The summed E-state index contributed by atoms with van der Waals surface area (Å²) in [4.78, 5) is 23.5. The Kier molecular flexibility index (Phi) is 4.21. The summed E-state index contributed by atoms with van der Waals surface area (Å²) in [6.07, 6.45) is -0.662. The van der Waals surface area contributed by atoms with Crippen molar-refractivity contribution in [2.24, 2.45) is 5.41 Å². The van der Waals surface area contributed by atoms with Gasteiger partial charge in [-0.2, -0.15) is 0 Å². The average molecular weight is 307 g/mol. The molecule has 0 bridgehead atoms. The third-order valence-corrected chi connectivity index (χ3v) is 3.25. The molecule has 5 nitrogen and oxygen atoms in total. The summed E-state index contributed by atoms with van der Waals surface area (Å²) in [6.45, 7) is 6.23. The molecular weight excluding hydrogens is 289 g/mol. The van der Waals surface area contributed by atoms with Gasteiger partial charge in [0, 0.05) is 5.39 Å². The summed E-state index contributed by atoms with van der Waals surface area (Å²) in [6, 6.07) is 4.98. The molecule has 0 aliphatic rings. The second kappa shape index (κ2) is 5.79. The Morgan fingerprint density at radius 2 is 1.95 bits per heavy atom. The molecule has 1 heterocycles. The summed E-state index contributed by atoms with van der Waals surface area (Å²) in [5.41, 5.74) is 0.127. The second-order valence-electron chi connectivity index (χ2n) is 6.30. The molecule has 0 radical (unpaired) electrons. The van der Waals surface area contributed by atoms with E-state index < -0.39 is 17.9 Å². The fourth-order valence-corrected chi connectivity index (χ4v) is 2.07. The monoisotopic (exact) mass is 307 g/mol. The van der Waals surface area contributed by atoms with Gasteiger partial charge in [-0.25, -0.2) is 18.5 Å². The standard InChI is InChI=1S/C16H18FNO4/c1-16(2,3)6-7-22-14(19)13-9-10-8-11(17)4-5-12(10)18(13)15(20)21/h4-5,8-9H,6-7H2,1-3H3,(H,20,21). The van der Waals surface area contributed by atoms with Crippen LogP contribution in [-0.4, -0.2) is 28.3 Å². The third kappa shape index (κ3) is 3.44. The van der Waals surface area contributed by atoms with Crippen molar-refractivity contribution in [1.29, 1.82) is 0 Å². The van der Waals surface area contributed by atoms with Gasteiger partial charge >= 0.3 is 12.1 Å². The predicted molar refractivity (Wildman–Crippen MR) is 79.7 cm³/mol. The molecule has 22 heavy (non-hydrogen) atoms. The van der Waals surface area contributed by atoms with Gasteiger partial charge in [0.2, 0.25) is 0 Å². The van der Waals surface area contributed by atoms with Crippen molar-refractivity contribution in [2.45, 2.75) is 27.2 Å². The van der Waals surface area contributed by atoms with Crippen molar-refractivity contribution >= 4 is 23.0 Å². The molecule has 1 aromatic heterocycles. The van der Waals surface area contributed by atoms with E-state index in [1.165, 1.54) is 18.2 Å². The van der Waals surface area contributed by atoms with Crippen LogP contribution in [0, 0.1) is 11.2 Å². The number of esters is 1. The number of rotatable bonds is 3. The van der Waals surface area contributed by atoms with Gasteiger partial charge in [-0.05, 0) is 36.1 Å². The highest BCUT2D eigenvalue weighted by atomic mass is 19.1. The SMILES string of the molecule is CC(C)(C)CCOC(=O)c1cc2cc(F)ccc2n1C(=O)O. The van der Waals surface area contributed by atoms with E-state index in [9.17, 15) is 19.1 Å². The second-order valence-corrected chi connectivity index (χ2v) is 6.30. The Hall–Kier alpha value is -2.37. The van der Waals surface area contributed by atoms with Crippen LogP contribution in [-0.2, 0) is 4.74 Å². The van der Waals surface area contributed by atoms with Gasteiger partial charge < -0.3 is 9.84 Å². The zero-order valence-corrected chi connectivity index (χ0v) is 12.7. The van der Waals surface area contributed by atoms with Crippen molar-refractivity contribution in [3.63, 3.8) is 0 Å². The van der Waals surface area contributed by atoms with Crippen LogP contribution < -0.4 is 0 Å². The first-order chi connectivity index (χ1) is 10.2. The minimum absolute atomic E-state index is 0.00289. The van der Waals surface area contributed by atoms with Crippen LogP contribution in [0.25, 0.3) is 10.9 Å². The maximum Gasteiger partial charge on any atom is 0.416 e. The number of carbonyl (C=O) groups excluding carboxylic acids is 1. The molecule has 118 valence electrons. The Balaban J connectivity index is 2.31. The maximum absolute atomic E-state index is 13.2. The van der Waals surface area contributed by atoms with Gasteiger partial charge in [0.1, 0.15) is 11.5 Å². The molecule has 2 aromatic rings. The van der Waals surface area contributed by atoms with Crippen LogP contribution >= 0.6 is 0 Å². The van der Waals surface area contributed by atoms with Crippen molar-refractivity contribution < 1.29 is 23.8 Å². The predicted octanol–water partition coefficient (Wildman–Crippen LogP) is 3.90. The number of halogens is 1. The van der Waals surface area contributed by atoms with Crippen LogP contribution in [0.2, 0.25) is 0 Å². The maximum atomic E-state index is 13.2. The molecule has 0 saturated carbocycles. The number of hydrogen-bond acceptors (Lipinski definition) is 3. The largest absolute Gasteiger partial charge is 0.464 e. The van der Waals surface area contributed by atoms with E-state index in [0.717, 1.165) is 10.6 Å². The molecule has 0 amide bonds. The fraction of sp³-hybridized carbons (Fsp3) is 0.375. The Labute approximate surface area is 127 Å². The highest BCUT2D eigenvalue weighted by molar-refractivity contribution is 6.01. The molecule has 0 aliphatic heterocycles. The zero-order valence-electron chi connectivity index (χ0n) is 12.7. The average Bonchev–Trinajstić information content (AvgIpc) is 2.75. The zero-order chi connectivity index (χ0) is 16.5. The van der Waals surface area contributed by atoms with E-state index in [2.05, 4.69) is 0 Å². The first kappa shape index (κ1) is 16.0. The van der Waals surface area contributed by atoms with E-state index in [1.54, 1.807) is 0 Å². The number of hydrogen-bond donors (Lipinski definition) is 1. The summed E-state index contributed by atoms with van der Waals surface area (Å²) in [5, 5.41) is 9.62. The molecule has 2 rings (SSSR count). The lowest BCUT2D eigenvalue weighted by molar-refractivity contribution is 0.0453. The Bertz CT molecular complexity index is 728. The lowest BCUT2D eigenvalue weighted by atomic mass is 9.93. The molecule has 0 aliphatic carbocycles. The Morgan fingerprint density at radius 1 is 1.27 bits per heavy atom. The third-order valence-electron chi connectivity index (χ3n) is 3.25. The van der Waals surface area contributed by atoms with E-state index in [0.29, 0.717) is 11.8 Å². The topological polar surface area (TPSA) is 68.5 Å². The summed E-state index contributed by atoms with van der Waals surface area (Å²) < 4.78 is 19.2.